The van der Waals surface area contributed by atoms with Gasteiger partial charge in [-0.25, -0.2) is 0 Å². The van der Waals surface area contributed by atoms with Gasteiger partial charge in [0.1, 0.15) is 0 Å². The third-order valence-corrected chi connectivity index (χ3v) is 4.95. The maximum atomic E-state index is 3.82. The van der Waals surface area contributed by atoms with Crippen LogP contribution in [0.5, 0.6) is 0 Å². The molecule has 0 aromatic rings. The molecule has 19 heavy (non-hydrogen) atoms. The van der Waals surface area contributed by atoms with Crippen LogP contribution in [0.25, 0.3) is 0 Å². The molecule has 1 N–H and O–H groups in total. The second-order valence-corrected chi connectivity index (χ2v) is 7.45. The highest BCUT2D eigenvalue weighted by Crippen LogP contribution is 2.41. The SMILES string of the molecule is CCCNC1C(CN(C)CC(C)CC)CCC1(C)C. The molecule has 1 rings (SSSR count). The van der Waals surface area contributed by atoms with Gasteiger partial charge in [-0.2, -0.15) is 0 Å². The standard InChI is InChI=1S/C17H36N2/c1-7-11-18-16-15(9-10-17(16,4)5)13-19(6)12-14(3)8-2/h14-16,18H,7-13H2,1-6H3. The summed E-state index contributed by atoms with van der Waals surface area (Å²) in [6, 6.07) is 0.701. The molecule has 0 aromatic heterocycles. The largest absolute Gasteiger partial charge is 0.313 e. The quantitative estimate of drug-likeness (QED) is 0.721. The number of hydrogen-bond donors (Lipinski definition) is 1. The first-order valence-electron chi connectivity index (χ1n) is 8.32. The topological polar surface area (TPSA) is 15.3 Å². The van der Waals surface area contributed by atoms with Crippen LogP contribution in [0.4, 0.5) is 0 Å². The summed E-state index contributed by atoms with van der Waals surface area (Å²) in [4.78, 5) is 2.56. The minimum absolute atomic E-state index is 0.469. The van der Waals surface area contributed by atoms with E-state index in [0.717, 1.165) is 11.8 Å². The summed E-state index contributed by atoms with van der Waals surface area (Å²) in [5.74, 6) is 1.65. The number of nitrogens with one attached hydrogen (secondary N) is 1. The van der Waals surface area contributed by atoms with Crippen molar-refractivity contribution >= 4 is 0 Å². The lowest BCUT2D eigenvalue weighted by molar-refractivity contribution is 0.190. The van der Waals surface area contributed by atoms with E-state index in [4.69, 9.17) is 0 Å². The first-order chi connectivity index (χ1) is 8.90. The third kappa shape index (κ3) is 5.07. The van der Waals surface area contributed by atoms with Crippen molar-refractivity contribution in [2.75, 3.05) is 26.7 Å². The Morgan fingerprint density at radius 3 is 2.58 bits per heavy atom. The van der Waals surface area contributed by atoms with Crippen LogP contribution in [0.1, 0.15) is 60.3 Å². The molecule has 1 aliphatic rings. The van der Waals surface area contributed by atoms with Crippen molar-refractivity contribution in [2.24, 2.45) is 17.3 Å². The Hall–Kier alpha value is -0.0800. The predicted octanol–water partition coefficient (Wildman–Crippen LogP) is 3.77. The van der Waals surface area contributed by atoms with Gasteiger partial charge >= 0.3 is 0 Å². The van der Waals surface area contributed by atoms with Gasteiger partial charge in [0.2, 0.25) is 0 Å². The van der Waals surface area contributed by atoms with Crippen LogP contribution in [0.3, 0.4) is 0 Å². The summed E-state index contributed by atoms with van der Waals surface area (Å²) in [6.07, 6.45) is 5.29. The number of nitrogens with zero attached hydrogens (tertiary/aromatic N) is 1. The molecule has 0 aromatic carbocycles. The fraction of sp³-hybridized carbons (Fsp3) is 1.00. The van der Waals surface area contributed by atoms with Crippen LogP contribution in [-0.4, -0.2) is 37.6 Å². The van der Waals surface area contributed by atoms with E-state index in [2.05, 4.69) is 51.9 Å². The Morgan fingerprint density at radius 2 is 2.00 bits per heavy atom. The molecule has 1 fully saturated rings. The summed E-state index contributed by atoms with van der Waals surface area (Å²) < 4.78 is 0. The highest BCUT2D eigenvalue weighted by atomic mass is 15.1. The highest BCUT2D eigenvalue weighted by Gasteiger charge is 2.41. The lowest BCUT2D eigenvalue weighted by atomic mass is 9.84. The van der Waals surface area contributed by atoms with Gasteiger partial charge in [0.05, 0.1) is 0 Å². The first-order valence-corrected chi connectivity index (χ1v) is 8.32. The van der Waals surface area contributed by atoms with Crippen LogP contribution >= 0.6 is 0 Å². The van der Waals surface area contributed by atoms with E-state index in [0.29, 0.717) is 11.5 Å². The molecule has 2 heteroatoms. The second-order valence-electron chi connectivity index (χ2n) is 7.45. The molecule has 2 nitrogen and oxygen atoms in total. The van der Waals surface area contributed by atoms with Crippen molar-refractivity contribution in [2.45, 2.75) is 66.3 Å². The maximum Gasteiger partial charge on any atom is 0.0159 e. The smallest absolute Gasteiger partial charge is 0.0159 e. The van der Waals surface area contributed by atoms with Gasteiger partial charge in [0.25, 0.3) is 0 Å². The molecule has 3 unspecified atom stereocenters. The number of hydrogen-bond acceptors (Lipinski definition) is 2. The Balaban J connectivity index is 2.51. The van der Waals surface area contributed by atoms with Gasteiger partial charge in [-0.05, 0) is 50.1 Å². The van der Waals surface area contributed by atoms with Gasteiger partial charge in [-0.1, -0.05) is 41.0 Å². The third-order valence-electron chi connectivity index (χ3n) is 4.95. The van der Waals surface area contributed by atoms with Gasteiger partial charge in [0.15, 0.2) is 0 Å². The molecule has 3 atom stereocenters. The normalized spacial score (nSPS) is 27.9. The van der Waals surface area contributed by atoms with E-state index in [1.165, 1.54) is 45.3 Å². The molecule has 0 bridgehead atoms. The van der Waals surface area contributed by atoms with Gasteiger partial charge < -0.3 is 10.2 Å². The summed E-state index contributed by atoms with van der Waals surface area (Å²) in [6.45, 7) is 15.5. The second kappa shape index (κ2) is 7.64. The van der Waals surface area contributed by atoms with Gasteiger partial charge in [0, 0.05) is 19.1 Å². The zero-order valence-electron chi connectivity index (χ0n) is 14.1. The lowest BCUT2D eigenvalue weighted by Crippen LogP contribution is -2.45. The van der Waals surface area contributed by atoms with E-state index in [-0.39, 0.29) is 0 Å². The van der Waals surface area contributed by atoms with Crippen LogP contribution in [0, 0.1) is 17.3 Å². The van der Waals surface area contributed by atoms with Crippen LogP contribution < -0.4 is 5.32 Å². The molecule has 0 aliphatic heterocycles. The summed E-state index contributed by atoms with van der Waals surface area (Å²) in [7, 11) is 2.30. The van der Waals surface area contributed by atoms with Crippen molar-refractivity contribution in [1.82, 2.24) is 10.2 Å². The van der Waals surface area contributed by atoms with E-state index in [9.17, 15) is 0 Å². The zero-order valence-corrected chi connectivity index (χ0v) is 14.1. The Morgan fingerprint density at radius 1 is 1.32 bits per heavy atom. The first kappa shape index (κ1) is 17.0. The van der Waals surface area contributed by atoms with E-state index >= 15 is 0 Å². The van der Waals surface area contributed by atoms with E-state index in [1.54, 1.807) is 0 Å². The molecule has 0 heterocycles. The Labute approximate surface area is 121 Å². The molecule has 0 spiro atoms. The predicted molar refractivity (Wildman–Crippen MR) is 85.5 cm³/mol. The molecule has 0 saturated heterocycles. The Kier molecular flexibility index (Phi) is 6.82. The highest BCUT2D eigenvalue weighted by molar-refractivity contribution is 4.96. The molecule has 1 saturated carbocycles. The minimum Gasteiger partial charge on any atom is -0.313 e. The molecular weight excluding hydrogens is 232 g/mol. The van der Waals surface area contributed by atoms with Crippen LogP contribution in [0.2, 0.25) is 0 Å². The van der Waals surface area contributed by atoms with Crippen molar-refractivity contribution in [1.29, 1.82) is 0 Å². The average Bonchev–Trinajstić information content (AvgIpc) is 2.62. The molecular formula is C17H36N2. The van der Waals surface area contributed by atoms with Gasteiger partial charge in [-0.15, -0.1) is 0 Å². The zero-order chi connectivity index (χ0) is 14.5. The van der Waals surface area contributed by atoms with Crippen molar-refractivity contribution in [3.05, 3.63) is 0 Å². The monoisotopic (exact) mass is 268 g/mol. The molecule has 0 radical (unpaired) electrons. The van der Waals surface area contributed by atoms with Crippen molar-refractivity contribution in [3.8, 4) is 0 Å². The summed E-state index contributed by atoms with van der Waals surface area (Å²) in [5.41, 5.74) is 0.469. The van der Waals surface area contributed by atoms with Gasteiger partial charge in [-0.3, -0.25) is 0 Å². The maximum absolute atomic E-state index is 3.82. The fourth-order valence-corrected chi connectivity index (χ4v) is 3.59. The number of rotatable bonds is 8. The van der Waals surface area contributed by atoms with E-state index < -0.39 is 0 Å². The van der Waals surface area contributed by atoms with Crippen molar-refractivity contribution < 1.29 is 0 Å². The summed E-state index contributed by atoms with van der Waals surface area (Å²) in [5, 5.41) is 3.82. The fourth-order valence-electron chi connectivity index (χ4n) is 3.59. The Bertz CT molecular complexity index is 250. The minimum atomic E-state index is 0.469. The summed E-state index contributed by atoms with van der Waals surface area (Å²) >= 11 is 0. The lowest BCUT2D eigenvalue weighted by Gasteiger charge is -2.34. The molecule has 0 amide bonds. The average molecular weight is 268 g/mol. The van der Waals surface area contributed by atoms with Crippen LogP contribution in [-0.2, 0) is 0 Å². The molecule has 1 aliphatic carbocycles. The van der Waals surface area contributed by atoms with Crippen molar-refractivity contribution in [3.63, 3.8) is 0 Å². The molecule has 114 valence electrons. The van der Waals surface area contributed by atoms with E-state index in [1.807, 2.05) is 0 Å². The van der Waals surface area contributed by atoms with Crippen LogP contribution in [0.15, 0.2) is 0 Å².